The summed E-state index contributed by atoms with van der Waals surface area (Å²) in [5.74, 6) is 5.57. The van der Waals surface area contributed by atoms with Gasteiger partial charge in [-0.05, 0) is 73.5 Å². The van der Waals surface area contributed by atoms with Crippen LogP contribution < -0.4 is 11.5 Å². The van der Waals surface area contributed by atoms with E-state index >= 15 is 0 Å². The molecule has 0 aromatic rings. The summed E-state index contributed by atoms with van der Waals surface area (Å²) in [7, 11) is 0. The second kappa shape index (κ2) is 7.00. The fourth-order valence-corrected chi connectivity index (χ4v) is 5.41. The molecular weight excluding hydrogens is 256 g/mol. The molecule has 0 aromatic carbocycles. The minimum atomic E-state index is 0.419. The summed E-state index contributed by atoms with van der Waals surface area (Å²) in [6, 6.07) is 0.855. The second-order valence-corrected chi connectivity index (χ2v) is 8.79. The lowest BCUT2D eigenvalue weighted by molar-refractivity contribution is 0.0322. The molecule has 8 atom stereocenters. The van der Waals surface area contributed by atoms with Crippen LogP contribution in [-0.4, -0.2) is 12.1 Å². The van der Waals surface area contributed by atoms with Gasteiger partial charge in [0.25, 0.3) is 0 Å². The van der Waals surface area contributed by atoms with Crippen LogP contribution in [0, 0.1) is 41.4 Å². The fourth-order valence-electron chi connectivity index (χ4n) is 5.41. The molecule has 2 rings (SSSR count). The van der Waals surface area contributed by atoms with E-state index in [1.165, 1.54) is 32.1 Å². The standard InChI is InChI=1S/C19H38N2/c1-11(2)19(15-6-7-17(20)13(4)8-15)16-9-14(5)18(21)10-12(16)3/h11-19H,6-10,20-21H2,1-5H3. The van der Waals surface area contributed by atoms with Crippen molar-refractivity contribution in [3.05, 3.63) is 0 Å². The molecule has 124 valence electrons. The second-order valence-electron chi connectivity index (χ2n) is 8.79. The van der Waals surface area contributed by atoms with Crippen LogP contribution in [0.4, 0.5) is 0 Å². The highest BCUT2D eigenvalue weighted by molar-refractivity contribution is 4.93. The Morgan fingerprint density at radius 3 is 1.95 bits per heavy atom. The van der Waals surface area contributed by atoms with E-state index in [1.54, 1.807) is 0 Å². The molecule has 4 N–H and O–H groups in total. The molecule has 8 unspecified atom stereocenters. The number of hydrogen-bond acceptors (Lipinski definition) is 2. The smallest absolute Gasteiger partial charge is 0.00672 e. The predicted molar refractivity (Wildman–Crippen MR) is 91.8 cm³/mol. The maximum atomic E-state index is 6.31. The third kappa shape index (κ3) is 3.82. The van der Waals surface area contributed by atoms with Gasteiger partial charge in [0.2, 0.25) is 0 Å². The molecule has 0 saturated heterocycles. The van der Waals surface area contributed by atoms with Crippen molar-refractivity contribution in [2.24, 2.45) is 52.9 Å². The Bertz CT molecular complexity index is 328. The minimum absolute atomic E-state index is 0.419. The van der Waals surface area contributed by atoms with Gasteiger partial charge in [-0.3, -0.25) is 0 Å². The van der Waals surface area contributed by atoms with Crippen LogP contribution in [0.15, 0.2) is 0 Å². The number of hydrogen-bond donors (Lipinski definition) is 2. The summed E-state index contributed by atoms with van der Waals surface area (Å²) in [4.78, 5) is 0. The van der Waals surface area contributed by atoms with Gasteiger partial charge in [-0.25, -0.2) is 0 Å². The molecule has 2 fully saturated rings. The summed E-state index contributed by atoms with van der Waals surface area (Å²) in [5.41, 5.74) is 12.6. The van der Waals surface area contributed by atoms with Gasteiger partial charge in [0, 0.05) is 12.1 Å². The quantitative estimate of drug-likeness (QED) is 0.825. The maximum absolute atomic E-state index is 6.31. The van der Waals surface area contributed by atoms with Gasteiger partial charge in [-0.2, -0.15) is 0 Å². The van der Waals surface area contributed by atoms with E-state index in [4.69, 9.17) is 11.5 Å². The Morgan fingerprint density at radius 2 is 1.38 bits per heavy atom. The molecule has 21 heavy (non-hydrogen) atoms. The van der Waals surface area contributed by atoms with Crippen molar-refractivity contribution in [1.29, 1.82) is 0 Å². The summed E-state index contributed by atoms with van der Waals surface area (Å²) >= 11 is 0. The molecule has 0 spiro atoms. The van der Waals surface area contributed by atoms with Crippen molar-refractivity contribution in [3.8, 4) is 0 Å². The van der Waals surface area contributed by atoms with Gasteiger partial charge in [-0.15, -0.1) is 0 Å². The molecule has 2 aliphatic carbocycles. The Morgan fingerprint density at radius 1 is 0.762 bits per heavy atom. The number of nitrogens with two attached hydrogens (primary N) is 2. The maximum Gasteiger partial charge on any atom is 0.00672 e. The first-order chi connectivity index (χ1) is 9.81. The van der Waals surface area contributed by atoms with Crippen LogP contribution in [-0.2, 0) is 0 Å². The molecular formula is C19H38N2. The molecule has 2 saturated carbocycles. The summed E-state index contributed by atoms with van der Waals surface area (Å²) in [6.45, 7) is 12.0. The first-order valence-corrected chi connectivity index (χ1v) is 9.32. The van der Waals surface area contributed by atoms with Crippen LogP contribution >= 0.6 is 0 Å². The SMILES string of the molecule is CC(C)C(C1CCC(N)C(C)C1)C1CC(C)C(N)CC1C. The van der Waals surface area contributed by atoms with Gasteiger partial charge in [0.05, 0.1) is 0 Å². The lowest BCUT2D eigenvalue weighted by atomic mass is 9.59. The minimum Gasteiger partial charge on any atom is -0.327 e. The molecule has 0 aromatic heterocycles. The van der Waals surface area contributed by atoms with Crippen LogP contribution in [0.25, 0.3) is 0 Å². The van der Waals surface area contributed by atoms with Gasteiger partial charge in [0.1, 0.15) is 0 Å². The third-order valence-corrected chi connectivity index (χ3v) is 6.83. The van der Waals surface area contributed by atoms with Crippen LogP contribution in [0.2, 0.25) is 0 Å². The number of rotatable bonds is 3. The van der Waals surface area contributed by atoms with E-state index in [-0.39, 0.29) is 0 Å². The van der Waals surface area contributed by atoms with Crippen molar-refractivity contribution in [3.63, 3.8) is 0 Å². The fraction of sp³-hybridized carbons (Fsp3) is 1.00. The van der Waals surface area contributed by atoms with Crippen LogP contribution in [0.1, 0.15) is 66.7 Å². The van der Waals surface area contributed by atoms with Crippen molar-refractivity contribution in [1.82, 2.24) is 0 Å². The van der Waals surface area contributed by atoms with E-state index in [9.17, 15) is 0 Å². The van der Waals surface area contributed by atoms with Crippen LogP contribution in [0.5, 0.6) is 0 Å². The zero-order valence-electron chi connectivity index (χ0n) is 14.9. The molecule has 2 nitrogen and oxygen atoms in total. The molecule has 2 aliphatic rings. The largest absolute Gasteiger partial charge is 0.327 e. The van der Waals surface area contributed by atoms with Gasteiger partial charge >= 0.3 is 0 Å². The molecule has 2 heteroatoms. The monoisotopic (exact) mass is 294 g/mol. The topological polar surface area (TPSA) is 52.0 Å². The lowest BCUT2D eigenvalue weighted by Gasteiger charge is -2.47. The molecule has 0 aliphatic heterocycles. The van der Waals surface area contributed by atoms with Gasteiger partial charge in [0.15, 0.2) is 0 Å². The molecule has 0 amide bonds. The Kier molecular flexibility index (Phi) is 5.76. The lowest BCUT2D eigenvalue weighted by Crippen LogP contribution is -2.45. The zero-order chi connectivity index (χ0) is 15.7. The van der Waals surface area contributed by atoms with Gasteiger partial charge in [-0.1, -0.05) is 34.6 Å². The molecule has 0 radical (unpaired) electrons. The van der Waals surface area contributed by atoms with E-state index < -0.39 is 0 Å². The normalized spacial score (nSPS) is 46.6. The van der Waals surface area contributed by atoms with E-state index in [2.05, 4.69) is 34.6 Å². The predicted octanol–water partition coefficient (Wildman–Crippen LogP) is 4.03. The van der Waals surface area contributed by atoms with E-state index in [0.29, 0.717) is 23.9 Å². The van der Waals surface area contributed by atoms with Gasteiger partial charge < -0.3 is 11.5 Å². The average molecular weight is 295 g/mol. The van der Waals surface area contributed by atoms with Crippen molar-refractivity contribution < 1.29 is 0 Å². The summed E-state index contributed by atoms with van der Waals surface area (Å²) in [6.07, 6.45) is 6.47. The van der Waals surface area contributed by atoms with Crippen LogP contribution in [0.3, 0.4) is 0 Å². The molecule has 0 bridgehead atoms. The first-order valence-electron chi connectivity index (χ1n) is 9.32. The molecule has 0 heterocycles. The summed E-state index contributed by atoms with van der Waals surface area (Å²) < 4.78 is 0. The van der Waals surface area contributed by atoms with Crippen molar-refractivity contribution in [2.45, 2.75) is 78.8 Å². The Hall–Kier alpha value is -0.0800. The third-order valence-electron chi connectivity index (χ3n) is 6.83. The highest BCUT2D eigenvalue weighted by Gasteiger charge is 2.41. The first kappa shape index (κ1) is 17.3. The van der Waals surface area contributed by atoms with Crippen molar-refractivity contribution >= 4 is 0 Å². The Balaban J connectivity index is 2.11. The summed E-state index contributed by atoms with van der Waals surface area (Å²) in [5, 5.41) is 0. The average Bonchev–Trinajstić information content (AvgIpc) is 2.39. The zero-order valence-corrected chi connectivity index (χ0v) is 14.9. The van der Waals surface area contributed by atoms with E-state index in [1.807, 2.05) is 0 Å². The van der Waals surface area contributed by atoms with E-state index in [0.717, 1.165) is 29.6 Å². The highest BCUT2D eigenvalue weighted by Crippen LogP contribution is 2.47. The van der Waals surface area contributed by atoms with Crippen molar-refractivity contribution in [2.75, 3.05) is 0 Å². The highest BCUT2D eigenvalue weighted by atomic mass is 14.7. The Labute approximate surface area is 132 Å².